The highest BCUT2D eigenvalue weighted by Crippen LogP contribution is 1.89. The quantitative estimate of drug-likeness (QED) is 0.216. The minimum absolute atomic E-state index is 0.00236. The van der Waals surface area contributed by atoms with Crippen molar-refractivity contribution in [1.82, 2.24) is 5.32 Å². The van der Waals surface area contributed by atoms with Crippen LogP contribution in [0.4, 0.5) is 0 Å². The largest absolute Gasteiger partial charge is 0.481 e. The van der Waals surface area contributed by atoms with E-state index < -0.39 is 5.97 Å². The highest BCUT2D eigenvalue weighted by atomic mass is 16.6. The monoisotopic (exact) mass is 391 g/mol. The summed E-state index contributed by atoms with van der Waals surface area (Å²) in [7, 11) is 0. The lowest BCUT2D eigenvalue weighted by Gasteiger charge is -2.08. The Morgan fingerprint density at radius 1 is 0.778 bits per heavy atom. The molecular formula is C18H33NO8. The van der Waals surface area contributed by atoms with Crippen molar-refractivity contribution in [2.24, 2.45) is 0 Å². The van der Waals surface area contributed by atoms with Crippen molar-refractivity contribution in [2.45, 2.75) is 19.3 Å². The molecule has 0 radical (unpaired) electrons. The molecule has 9 nitrogen and oxygen atoms in total. The SMILES string of the molecule is C=CCOCCOCCOCCOCCOCCCNC(=O)CCC(=O)O. The van der Waals surface area contributed by atoms with Gasteiger partial charge in [0.25, 0.3) is 0 Å². The van der Waals surface area contributed by atoms with Gasteiger partial charge in [-0.15, -0.1) is 6.58 Å². The van der Waals surface area contributed by atoms with Crippen LogP contribution in [0.3, 0.4) is 0 Å². The van der Waals surface area contributed by atoms with Gasteiger partial charge >= 0.3 is 5.97 Å². The van der Waals surface area contributed by atoms with Gasteiger partial charge in [-0.3, -0.25) is 9.59 Å². The first-order chi connectivity index (χ1) is 13.2. The number of aliphatic carboxylic acids is 1. The minimum atomic E-state index is -0.975. The molecule has 158 valence electrons. The molecule has 0 rings (SSSR count). The third-order valence-corrected chi connectivity index (χ3v) is 3.08. The summed E-state index contributed by atoms with van der Waals surface area (Å²) in [6, 6.07) is 0. The molecule has 0 atom stereocenters. The third-order valence-electron chi connectivity index (χ3n) is 3.08. The fourth-order valence-electron chi connectivity index (χ4n) is 1.76. The van der Waals surface area contributed by atoms with Crippen LogP contribution in [0.25, 0.3) is 0 Å². The fraction of sp³-hybridized carbons (Fsp3) is 0.778. The van der Waals surface area contributed by atoms with E-state index in [1.54, 1.807) is 6.08 Å². The van der Waals surface area contributed by atoms with Gasteiger partial charge in [-0.2, -0.15) is 0 Å². The normalized spacial score (nSPS) is 10.7. The van der Waals surface area contributed by atoms with E-state index in [1.807, 2.05) is 0 Å². The van der Waals surface area contributed by atoms with Crippen LogP contribution < -0.4 is 5.32 Å². The van der Waals surface area contributed by atoms with Gasteiger partial charge in [-0.25, -0.2) is 0 Å². The Morgan fingerprint density at radius 2 is 1.26 bits per heavy atom. The molecule has 0 heterocycles. The summed E-state index contributed by atoms with van der Waals surface area (Å²) in [5, 5.41) is 11.1. The van der Waals surface area contributed by atoms with Crippen LogP contribution in [-0.4, -0.2) is 89.6 Å². The summed E-state index contributed by atoms with van der Waals surface area (Å²) < 4.78 is 26.6. The summed E-state index contributed by atoms with van der Waals surface area (Å²) in [6.07, 6.45) is 2.21. The zero-order valence-electron chi connectivity index (χ0n) is 16.0. The van der Waals surface area contributed by atoms with Crippen molar-refractivity contribution >= 4 is 11.9 Å². The van der Waals surface area contributed by atoms with Crippen molar-refractivity contribution in [3.05, 3.63) is 12.7 Å². The van der Waals surface area contributed by atoms with Gasteiger partial charge in [0.1, 0.15) is 0 Å². The first kappa shape index (κ1) is 25.5. The maximum absolute atomic E-state index is 11.3. The van der Waals surface area contributed by atoms with E-state index in [0.717, 1.165) is 0 Å². The number of carbonyl (C=O) groups excluding carboxylic acids is 1. The predicted molar refractivity (Wildman–Crippen MR) is 98.8 cm³/mol. The molecule has 0 aliphatic rings. The lowest BCUT2D eigenvalue weighted by molar-refractivity contribution is -0.138. The first-order valence-corrected chi connectivity index (χ1v) is 9.15. The maximum atomic E-state index is 11.3. The second-order valence-electron chi connectivity index (χ2n) is 5.41. The van der Waals surface area contributed by atoms with Gasteiger partial charge in [-0.05, 0) is 6.42 Å². The van der Waals surface area contributed by atoms with Crippen LogP contribution in [0.1, 0.15) is 19.3 Å². The van der Waals surface area contributed by atoms with Crippen LogP contribution >= 0.6 is 0 Å². The van der Waals surface area contributed by atoms with E-state index in [4.69, 9.17) is 28.8 Å². The number of amides is 1. The zero-order chi connectivity index (χ0) is 20.0. The van der Waals surface area contributed by atoms with E-state index >= 15 is 0 Å². The highest BCUT2D eigenvalue weighted by Gasteiger charge is 2.04. The van der Waals surface area contributed by atoms with Gasteiger partial charge in [0, 0.05) is 19.6 Å². The Labute approximate surface area is 160 Å². The second kappa shape index (κ2) is 20.8. The second-order valence-corrected chi connectivity index (χ2v) is 5.41. The van der Waals surface area contributed by atoms with Gasteiger partial charge in [0.15, 0.2) is 0 Å². The van der Waals surface area contributed by atoms with Crippen LogP contribution in [0.15, 0.2) is 12.7 Å². The lowest BCUT2D eigenvalue weighted by atomic mass is 10.3. The number of rotatable bonds is 21. The molecular weight excluding hydrogens is 358 g/mol. The molecule has 0 unspecified atom stereocenters. The topological polar surface area (TPSA) is 113 Å². The van der Waals surface area contributed by atoms with Crippen LogP contribution in [0.5, 0.6) is 0 Å². The first-order valence-electron chi connectivity index (χ1n) is 9.15. The number of nitrogens with one attached hydrogen (secondary N) is 1. The van der Waals surface area contributed by atoms with Gasteiger partial charge in [0.2, 0.25) is 5.91 Å². The van der Waals surface area contributed by atoms with E-state index in [9.17, 15) is 9.59 Å². The number of carbonyl (C=O) groups is 2. The Kier molecular flexibility index (Phi) is 19.6. The van der Waals surface area contributed by atoms with Crippen LogP contribution in [0.2, 0.25) is 0 Å². The van der Waals surface area contributed by atoms with Crippen LogP contribution in [0, 0.1) is 0 Å². The molecule has 0 aliphatic carbocycles. The summed E-state index contributed by atoms with van der Waals surface area (Å²) >= 11 is 0. The standard InChI is InChI=1S/C18H33NO8/c1-2-7-23-9-11-25-13-15-27-16-14-26-12-10-24-8-3-6-19-17(20)4-5-18(21)22/h2H,1,3-16H2,(H,19,20)(H,21,22). The molecule has 0 aromatic carbocycles. The van der Waals surface area contributed by atoms with Gasteiger partial charge < -0.3 is 34.1 Å². The maximum Gasteiger partial charge on any atom is 0.303 e. The molecule has 0 aliphatic heterocycles. The average molecular weight is 391 g/mol. The third kappa shape index (κ3) is 22.4. The molecule has 1 amide bonds. The molecule has 0 aromatic rings. The van der Waals surface area contributed by atoms with Crippen molar-refractivity contribution in [3.8, 4) is 0 Å². The molecule has 9 heteroatoms. The molecule has 2 N–H and O–H groups in total. The summed E-state index contributed by atoms with van der Waals surface area (Å²) in [4.78, 5) is 21.6. The van der Waals surface area contributed by atoms with Crippen molar-refractivity contribution in [3.63, 3.8) is 0 Å². The van der Waals surface area contributed by atoms with Crippen LogP contribution in [-0.2, 0) is 33.3 Å². The molecule has 0 saturated carbocycles. The fourth-order valence-corrected chi connectivity index (χ4v) is 1.76. The minimum Gasteiger partial charge on any atom is -0.481 e. The van der Waals surface area contributed by atoms with E-state index in [1.165, 1.54) is 0 Å². The Hall–Kier alpha value is -1.52. The van der Waals surface area contributed by atoms with E-state index in [0.29, 0.717) is 79.0 Å². The predicted octanol–water partition coefficient (Wildman–Crippen LogP) is 0.627. The van der Waals surface area contributed by atoms with Crippen molar-refractivity contribution in [1.29, 1.82) is 0 Å². The number of carboxylic acids is 1. The Morgan fingerprint density at radius 3 is 1.74 bits per heavy atom. The number of hydrogen-bond acceptors (Lipinski definition) is 7. The zero-order valence-corrected chi connectivity index (χ0v) is 16.0. The highest BCUT2D eigenvalue weighted by molar-refractivity contribution is 5.80. The summed E-state index contributed by atoms with van der Waals surface area (Å²) in [5.41, 5.74) is 0. The smallest absolute Gasteiger partial charge is 0.303 e. The Bertz CT molecular complexity index is 378. The van der Waals surface area contributed by atoms with Crippen molar-refractivity contribution < 1.29 is 38.4 Å². The molecule has 0 bridgehead atoms. The number of ether oxygens (including phenoxy) is 5. The lowest BCUT2D eigenvalue weighted by Crippen LogP contribution is -2.25. The Balaban J connectivity index is 3.09. The van der Waals surface area contributed by atoms with Crippen molar-refractivity contribution in [2.75, 3.05) is 72.6 Å². The average Bonchev–Trinajstić information content (AvgIpc) is 2.65. The van der Waals surface area contributed by atoms with Gasteiger partial charge in [-0.1, -0.05) is 6.08 Å². The molecule has 0 fully saturated rings. The molecule has 0 aromatic heterocycles. The molecule has 27 heavy (non-hydrogen) atoms. The number of carboxylic acid groups (broad SMARTS) is 1. The summed E-state index contributed by atoms with van der Waals surface area (Å²) in [5.74, 6) is -1.23. The van der Waals surface area contributed by atoms with E-state index in [2.05, 4.69) is 11.9 Å². The summed E-state index contributed by atoms with van der Waals surface area (Å²) in [6.45, 7) is 9.12. The molecule has 0 saturated heterocycles. The van der Waals surface area contributed by atoms with E-state index in [-0.39, 0.29) is 18.7 Å². The number of hydrogen-bond donors (Lipinski definition) is 2. The molecule has 0 spiro atoms. The van der Waals surface area contributed by atoms with Gasteiger partial charge in [0.05, 0.1) is 65.9 Å².